The van der Waals surface area contributed by atoms with E-state index >= 15 is 0 Å². The van der Waals surface area contributed by atoms with Crippen molar-refractivity contribution in [3.05, 3.63) is 83.4 Å². The zero-order valence-electron chi connectivity index (χ0n) is 19.3. The molecule has 0 bridgehead atoms. The number of esters is 1. The molecule has 1 aliphatic heterocycles. The first-order chi connectivity index (χ1) is 16.8. The van der Waals surface area contributed by atoms with E-state index in [4.69, 9.17) is 18.9 Å². The molecule has 8 nitrogen and oxygen atoms in total. The molecule has 0 amide bonds. The number of phenols is 1. The van der Waals surface area contributed by atoms with Gasteiger partial charge in [-0.15, -0.1) is 0 Å². The summed E-state index contributed by atoms with van der Waals surface area (Å²) in [6.45, 7) is 0. The van der Waals surface area contributed by atoms with Crippen molar-refractivity contribution in [2.24, 2.45) is 5.92 Å². The van der Waals surface area contributed by atoms with Gasteiger partial charge in [-0.25, -0.2) is 0 Å². The summed E-state index contributed by atoms with van der Waals surface area (Å²) >= 11 is 0. The van der Waals surface area contributed by atoms with Crippen LogP contribution in [-0.4, -0.2) is 43.3 Å². The van der Waals surface area contributed by atoms with Gasteiger partial charge in [0.1, 0.15) is 17.4 Å². The lowest BCUT2D eigenvalue weighted by Crippen LogP contribution is -2.50. The summed E-state index contributed by atoms with van der Waals surface area (Å²) in [7, 11) is 4.04. The lowest BCUT2D eigenvalue weighted by atomic mass is 9.70. The van der Waals surface area contributed by atoms with Crippen molar-refractivity contribution in [2.45, 2.75) is 17.1 Å². The molecule has 2 aliphatic rings. The molecule has 4 unspecified atom stereocenters. The minimum atomic E-state index is -2.39. The number of aromatic hydroxyl groups is 1. The van der Waals surface area contributed by atoms with E-state index in [9.17, 15) is 19.8 Å². The highest BCUT2D eigenvalue weighted by molar-refractivity contribution is 6.10. The number of hydrogen-bond acceptors (Lipinski definition) is 8. The van der Waals surface area contributed by atoms with Crippen LogP contribution >= 0.6 is 0 Å². The summed E-state index contributed by atoms with van der Waals surface area (Å²) in [6.07, 6.45) is 0. The Bertz CT molecular complexity index is 1300. The van der Waals surface area contributed by atoms with Crippen molar-refractivity contribution in [1.82, 2.24) is 0 Å². The van der Waals surface area contributed by atoms with E-state index in [0.29, 0.717) is 16.9 Å². The summed E-state index contributed by atoms with van der Waals surface area (Å²) in [5, 5.41) is 23.0. The van der Waals surface area contributed by atoms with E-state index in [-0.39, 0.29) is 22.8 Å². The number of methoxy groups -OCH3 is 3. The third kappa shape index (κ3) is 2.83. The van der Waals surface area contributed by atoms with E-state index in [1.165, 1.54) is 33.5 Å². The van der Waals surface area contributed by atoms with Gasteiger partial charge < -0.3 is 29.2 Å². The SMILES string of the molecule is COC(=O)C1C(=O)C2(O)c3c(ccc(O)c3OC)OC2(c2ccc(OC)cc2)C1c1ccccc1. The highest BCUT2D eigenvalue weighted by Gasteiger charge is 2.78. The van der Waals surface area contributed by atoms with Crippen molar-refractivity contribution >= 4 is 11.8 Å². The van der Waals surface area contributed by atoms with Crippen molar-refractivity contribution in [3.8, 4) is 23.0 Å². The molecule has 35 heavy (non-hydrogen) atoms. The molecule has 180 valence electrons. The van der Waals surface area contributed by atoms with E-state index in [2.05, 4.69) is 0 Å². The second-order valence-corrected chi connectivity index (χ2v) is 8.52. The van der Waals surface area contributed by atoms with Gasteiger partial charge >= 0.3 is 5.97 Å². The molecule has 0 spiro atoms. The van der Waals surface area contributed by atoms with Crippen molar-refractivity contribution in [1.29, 1.82) is 0 Å². The predicted molar refractivity (Wildman–Crippen MR) is 124 cm³/mol. The number of rotatable bonds is 5. The number of aliphatic hydroxyl groups is 1. The maximum absolute atomic E-state index is 14.1. The van der Waals surface area contributed by atoms with Gasteiger partial charge in [-0.2, -0.15) is 0 Å². The van der Waals surface area contributed by atoms with Gasteiger partial charge in [0, 0.05) is 5.56 Å². The molecule has 0 radical (unpaired) electrons. The van der Waals surface area contributed by atoms with Gasteiger partial charge in [-0.1, -0.05) is 42.5 Å². The van der Waals surface area contributed by atoms with Gasteiger partial charge in [-0.3, -0.25) is 9.59 Å². The fourth-order valence-electron chi connectivity index (χ4n) is 5.57. The molecule has 0 aromatic heterocycles. The Labute approximate surface area is 201 Å². The van der Waals surface area contributed by atoms with Crippen molar-refractivity contribution in [2.75, 3.05) is 21.3 Å². The third-order valence-electron chi connectivity index (χ3n) is 7.02. The highest BCUT2D eigenvalue weighted by atomic mass is 16.5. The van der Waals surface area contributed by atoms with E-state index in [1.54, 1.807) is 48.5 Å². The summed E-state index contributed by atoms with van der Waals surface area (Å²) in [5.41, 5.74) is -3.17. The van der Waals surface area contributed by atoms with Crippen LogP contribution in [0.15, 0.2) is 66.7 Å². The summed E-state index contributed by atoms with van der Waals surface area (Å²) < 4.78 is 22.3. The Morgan fingerprint density at radius 1 is 0.943 bits per heavy atom. The Hall–Kier alpha value is -4.04. The number of fused-ring (bicyclic) bond motifs is 3. The Kier molecular flexibility index (Phi) is 5.21. The lowest BCUT2D eigenvalue weighted by Gasteiger charge is -2.39. The minimum absolute atomic E-state index is 0.0341. The fraction of sp³-hybridized carbons (Fsp3) is 0.259. The number of carbonyl (C=O) groups excluding carboxylic acids is 2. The van der Waals surface area contributed by atoms with Crippen LogP contribution in [0, 0.1) is 5.92 Å². The van der Waals surface area contributed by atoms with Crippen LogP contribution in [0.25, 0.3) is 0 Å². The topological polar surface area (TPSA) is 112 Å². The van der Waals surface area contributed by atoms with Crippen LogP contribution in [0.4, 0.5) is 0 Å². The number of carbonyl (C=O) groups is 2. The number of Topliss-reactive ketones (excluding diaryl/α,β-unsaturated/α-hetero) is 1. The average Bonchev–Trinajstić information content (AvgIpc) is 3.27. The quantitative estimate of drug-likeness (QED) is 0.427. The van der Waals surface area contributed by atoms with Crippen LogP contribution < -0.4 is 14.2 Å². The zero-order chi connectivity index (χ0) is 25.0. The molecule has 0 saturated heterocycles. The highest BCUT2D eigenvalue weighted by Crippen LogP contribution is 2.69. The number of phenolic OH excluding ortho intramolecular Hbond substituents is 1. The van der Waals surface area contributed by atoms with Crippen molar-refractivity contribution in [3.63, 3.8) is 0 Å². The normalized spacial score (nSPS) is 26.5. The maximum Gasteiger partial charge on any atom is 0.317 e. The van der Waals surface area contributed by atoms with Crippen molar-refractivity contribution < 1.29 is 38.7 Å². The number of ether oxygens (including phenoxy) is 4. The Balaban J connectivity index is 1.90. The molecule has 3 aromatic rings. The van der Waals surface area contributed by atoms with E-state index < -0.39 is 34.8 Å². The number of benzene rings is 3. The molecule has 5 rings (SSSR count). The van der Waals surface area contributed by atoms with Crippen LogP contribution in [0.2, 0.25) is 0 Å². The molecule has 1 fully saturated rings. The first kappa shape index (κ1) is 22.7. The monoisotopic (exact) mass is 476 g/mol. The molecule has 8 heteroatoms. The standard InChI is InChI=1S/C27H24O8/c1-32-17-11-9-16(10-12-17)27-21(15-7-5-4-6-8-15)20(25(30)34-3)24(29)26(27,31)22-19(35-27)14-13-18(28)23(22)33-2/h4-14,20-21,28,31H,1-3H3. The molecule has 1 aliphatic carbocycles. The first-order valence-corrected chi connectivity index (χ1v) is 11.0. The fourth-order valence-corrected chi connectivity index (χ4v) is 5.57. The van der Waals surface area contributed by atoms with Gasteiger partial charge in [0.15, 0.2) is 22.9 Å². The lowest BCUT2D eigenvalue weighted by molar-refractivity contribution is -0.155. The second-order valence-electron chi connectivity index (χ2n) is 8.52. The summed E-state index contributed by atoms with van der Waals surface area (Å²) in [5.74, 6) is -3.64. The molecule has 1 heterocycles. The summed E-state index contributed by atoms with van der Waals surface area (Å²) in [4.78, 5) is 27.2. The average molecular weight is 476 g/mol. The Morgan fingerprint density at radius 2 is 1.63 bits per heavy atom. The molecular weight excluding hydrogens is 452 g/mol. The van der Waals surface area contributed by atoms with Crippen LogP contribution in [0.3, 0.4) is 0 Å². The smallest absolute Gasteiger partial charge is 0.317 e. The van der Waals surface area contributed by atoms with Crippen LogP contribution in [0.5, 0.6) is 23.0 Å². The van der Waals surface area contributed by atoms with E-state index in [1.807, 2.05) is 6.07 Å². The van der Waals surface area contributed by atoms with Gasteiger partial charge in [0.05, 0.1) is 32.8 Å². The minimum Gasteiger partial charge on any atom is -0.504 e. The molecular formula is C27H24O8. The maximum atomic E-state index is 14.1. The van der Waals surface area contributed by atoms with E-state index in [0.717, 1.165) is 0 Å². The number of ketones is 1. The molecule has 3 aromatic carbocycles. The van der Waals surface area contributed by atoms with Gasteiger partial charge in [-0.05, 0) is 29.8 Å². The second kappa shape index (κ2) is 8.02. The van der Waals surface area contributed by atoms with Crippen LogP contribution in [-0.2, 0) is 25.5 Å². The third-order valence-corrected chi connectivity index (χ3v) is 7.02. The largest absolute Gasteiger partial charge is 0.504 e. The number of hydrogen-bond donors (Lipinski definition) is 2. The molecule has 1 saturated carbocycles. The van der Waals surface area contributed by atoms with Crippen LogP contribution in [0.1, 0.15) is 22.6 Å². The zero-order valence-corrected chi connectivity index (χ0v) is 19.3. The Morgan fingerprint density at radius 3 is 2.23 bits per heavy atom. The van der Waals surface area contributed by atoms with Gasteiger partial charge in [0.2, 0.25) is 5.60 Å². The first-order valence-electron chi connectivity index (χ1n) is 11.0. The summed E-state index contributed by atoms with van der Waals surface area (Å²) in [6, 6.07) is 18.5. The predicted octanol–water partition coefficient (Wildman–Crippen LogP) is 3.04. The molecule has 4 atom stereocenters. The van der Waals surface area contributed by atoms with Gasteiger partial charge in [0.25, 0.3) is 0 Å². The molecule has 2 N–H and O–H groups in total.